The highest BCUT2D eigenvalue weighted by Gasteiger charge is 2.18. The molecule has 162 valence electrons. The number of pyridine rings is 1. The van der Waals surface area contributed by atoms with Crippen molar-refractivity contribution in [2.45, 2.75) is 32.9 Å². The van der Waals surface area contributed by atoms with E-state index in [0.717, 1.165) is 10.4 Å². The number of amides is 2. The zero-order chi connectivity index (χ0) is 22.1. The lowest BCUT2D eigenvalue weighted by Crippen LogP contribution is -2.32. The van der Waals surface area contributed by atoms with Gasteiger partial charge in [0.15, 0.2) is 11.5 Å². The monoisotopic (exact) mass is 439 g/mol. The summed E-state index contributed by atoms with van der Waals surface area (Å²) in [5.41, 5.74) is 0.839. The number of ether oxygens (including phenoxy) is 2. The molecule has 0 aliphatic rings. The highest BCUT2D eigenvalue weighted by atomic mass is 32.1. The van der Waals surface area contributed by atoms with Crippen LogP contribution < -0.4 is 20.1 Å². The highest BCUT2D eigenvalue weighted by molar-refractivity contribution is 7.10. The lowest BCUT2D eigenvalue weighted by atomic mass is 10.1. The predicted octanol–water partition coefficient (Wildman–Crippen LogP) is 4.22. The van der Waals surface area contributed by atoms with Crippen molar-refractivity contribution in [1.29, 1.82) is 0 Å². The van der Waals surface area contributed by atoms with E-state index < -0.39 is 0 Å². The summed E-state index contributed by atoms with van der Waals surface area (Å²) in [6, 6.07) is 14.5. The maximum atomic E-state index is 12.4. The van der Waals surface area contributed by atoms with E-state index in [4.69, 9.17) is 9.47 Å². The molecular weight excluding hydrogens is 414 g/mol. The molecule has 1 atom stereocenters. The average Bonchev–Trinajstić information content (AvgIpc) is 3.29. The number of rotatable bonds is 10. The average molecular weight is 440 g/mol. The molecule has 3 rings (SSSR count). The van der Waals surface area contributed by atoms with Crippen molar-refractivity contribution in [2.75, 3.05) is 6.61 Å². The molecule has 0 saturated heterocycles. The molecule has 7 nitrogen and oxygen atoms in total. The number of hydrogen-bond donors (Lipinski definition) is 2. The number of carbonyl (C=O) groups excluding carboxylic acids is 2. The number of para-hydroxylation sites is 2. The Kier molecular flexibility index (Phi) is 8.00. The Bertz CT molecular complexity index is 990. The van der Waals surface area contributed by atoms with Gasteiger partial charge in [-0.1, -0.05) is 24.3 Å². The van der Waals surface area contributed by atoms with Gasteiger partial charge < -0.3 is 20.1 Å². The Morgan fingerprint density at radius 1 is 1.10 bits per heavy atom. The summed E-state index contributed by atoms with van der Waals surface area (Å²) in [4.78, 5) is 29.1. The molecule has 8 heteroatoms. The standard InChI is InChI=1S/C23H25N3O4S/c1-3-29-19-7-4-5-8-20(19)30-23-11-10-17(15-25-23)14-24-22(28)13-18(26-16(2)27)21-9-6-12-31-21/h4-12,15,18H,3,13-14H2,1-2H3,(H,24,28)(H,26,27). The van der Waals surface area contributed by atoms with E-state index >= 15 is 0 Å². The minimum absolute atomic E-state index is 0.155. The van der Waals surface area contributed by atoms with Crippen LogP contribution in [0.3, 0.4) is 0 Å². The van der Waals surface area contributed by atoms with Gasteiger partial charge in [-0.15, -0.1) is 11.3 Å². The van der Waals surface area contributed by atoms with Gasteiger partial charge in [0, 0.05) is 30.6 Å². The third-order valence-corrected chi connectivity index (χ3v) is 5.29. The number of hydrogen-bond acceptors (Lipinski definition) is 6. The molecule has 0 aliphatic heterocycles. The van der Waals surface area contributed by atoms with Gasteiger partial charge in [-0.25, -0.2) is 4.98 Å². The topological polar surface area (TPSA) is 89.5 Å². The number of aromatic nitrogens is 1. The smallest absolute Gasteiger partial charge is 0.222 e. The second kappa shape index (κ2) is 11.1. The van der Waals surface area contributed by atoms with E-state index in [0.29, 0.717) is 30.5 Å². The SMILES string of the molecule is CCOc1ccccc1Oc1ccc(CNC(=O)CC(NC(C)=O)c2cccs2)cn1. The molecule has 3 aromatic rings. The van der Waals surface area contributed by atoms with Gasteiger partial charge in [-0.05, 0) is 36.1 Å². The van der Waals surface area contributed by atoms with Gasteiger partial charge in [0.05, 0.1) is 19.1 Å². The summed E-state index contributed by atoms with van der Waals surface area (Å²) in [6.07, 6.45) is 1.83. The van der Waals surface area contributed by atoms with Gasteiger partial charge in [-0.2, -0.15) is 0 Å². The quantitative estimate of drug-likeness (QED) is 0.494. The number of nitrogens with one attached hydrogen (secondary N) is 2. The Hall–Kier alpha value is -3.39. The van der Waals surface area contributed by atoms with Crippen molar-refractivity contribution in [1.82, 2.24) is 15.6 Å². The van der Waals surface area contributed by atoms with Crippen LogP contribution in [-0.2, 0) is 16.1 Å². The molecule has 2 N–H and O–H groups in total. The van der Waals surface area contributed by atoms with E-state index in [1.165, 1.54) is 18.3 Å². The first-order chi connectivity index (χ1) is 15.0. The molecule has 1 unspecified atom stereocenters. The molecule has 0 bridgehead atoms. The number of benzene rings is 1. The lowest BCUT2D eigenvalue weighted by molar-refractivity contribution is -0.122. The van der Waals surface area contributed by atoms with Crippen LogP contribution in [0, 0.1) is 0 Å². The van der Waals surface area contributed by atoms with Crippen LogP contribution in [-0.4, -0.2) is 23.4 Å². The third-order valence-electron chi connectivity index (χ3n) is 4.30. The molecule has 0 radical (unpaired) electrons. The molecule has 2 amide bonds. The Labute approximate surface area is 185 Å². The second-order valence-electron chi connectivity index (χ2n) is 6.74. The second-order valence-corrected chi connectivity index (χ2v) is 7.72. The molecular formula is C23H25N3O4S. The van der Waals surface area contributed by atoms with Crippen LogP contribution >= 0.6 is 11.3 Å². The normalized spacial score (nSPS) is 11.4. The highest BCUT2D eigenvalue weighted by Crippen LogP contribution is 2.30. The summed E-state index contributed by atoms with van der Waals surface area (Å²) in [5, 5.41) is 7.62. The van der Waals surface area contributed by atoms with Gasteiger partial charge in [-0.3, -0.25) is 9.59 Å². The van der Waals surface area contributed by atoms with E-state index in [9.17, 15) is 9.59 Å². The Morgan fingerprint density at radius 3 is 2.55 bits per heavy atom. The molecule has 2 aromatic heterocycles. The van der Waals surface area contributed by atoms with Crippen molar-refractivity contribution >= 4 is 23.2 Å². The van der Waals surface area contributed by atoms with Gasteiger partial charge in [0.25, 0.3) is 0 Å². The summed E-state index contributed by atoms with van der Waals surface area (Å²) >= 11 is 1.51. The van der Waals surface area contributed by atoms with Crippen molar-refractivity contribution in [3.8, 4) is 17.4 Å². The largest absolute Gasteiger partial charge is 0.490 e. The predicted molar refractivity (Wildman–Crippen MR) is 119 cm³/mol. The zero-order valence-electron chi connectivity index (χ0n) is 17.5. The van der Waals surface area contributed by atoms with Crippen LogP contribution in [0.5, 0.6) is 17.4 Å². The zero-order valence-corrected chi connectivity index (χ0v) is 18.3. The Balaban J connectivity index is 1.54. The van der Waals surface area contributed by atoms with Crippen molar-refractivity contribution in [3.63, 3.8) is 0 Å². The molecule has 2 heterocycles. The van der Waals surface area contributed by atoms with Crippen LogP contribution in [0.1, 0.15) is 36.8 Å². The van der Waals surface area contributed by atoms with Crippen LogP contribution in [0.4, 0.5) is 0 Å². The minimum Gasteiger partial charge on any atom is -0.490 e. The first kappa shape index (κ1) is 22.3. The van der Waals surface area contributed by atoms with Gasteiger partial charge in [0.2, 0.25) is 17.7 Å². The van der Waals surface area contributed by atoms with Gasteiger partial charge >= 0.3 is 0 Å². The fourth-order valence-corrected chi connectivity index (χ4v) is 3.69. The maximum absolute atomic E-state index is 12.4. The lowest BCUT2D eigenvalue weighted by Gasteiger charge is -2.16. The van der Waals surface area contributed by atoms with Crippen molar-refractivity contribution < 1.29 is 19.1 Å². The fourth-order valence-electron chi connectivity index (χ4n) is 2.91. The number of thiophene rings is 1. The first-order valence-electron chi connectivity index (χ1n) is 9.97. The summed E-state index contributed by atoms with van der Waals surface area (Å²) in [5.74, 6) is 1.36. The van der Waals surface area contributed by atoms with E-state index in [1.807, 2.05) is 54.8 Å². The maximum Gasteiger partial charge on any atom is 0.222 e. The van der Waals surface area contributed by atoms with E-state index in [2.05, 4.69) is 15.6 Å². The van der Waals surface area contributed by atoms with E-state index in [-0.39, 0.29) is 24.3 Å². The molecule has 31 heavy (non-hydrogen) atoms. The first-order valence-corrected chi connectivity index (χ1v) is 10.8. The summed E-state index contributed by atoms with van der Waals surface area (Å²) < 4.78 is 11.4. The van der Waals surface area contributed by atoms with Crippen LogP contribution in [0.15, 0.2) is 60.1 Å². The fraction of sp³-hybridized carbons (Fsp3) is 0.261. The molecule has 1 aromatic carbocycles. The Morgan fingerprint density at radius 2 is 1.90 bits per heavy atom. The summed E-state index contributed by atoms with van der Waals surface area (Å²) in [6.45, 7) is 4.23. The van der Waals surface area contributed by atoms with Crippen LogP contribution in [0.25, 0.3) is 0 Å². The number of carbonyl (C=O) groups is 2. The molecule has 0 aliphatic carbocycles. The third kappa shape index (κ3) is 6.82. The van der Waals surface area contributed by atoms with Crippen molar-refractivity contribution in [3.05, 3.63) is 70.5 Å². The van der Waals surface area contributed by atoms with Gasteiger partial charge in [0.1, 0.15) is 0 Å². The minimum atomic E-state index is -0.336. The van der Waals surface area contributed by atoms with Crippen molar-refractivity contribution in [2.24, 2.45) is 0 Å². The molecule has 0 spiro atoms. The van der Waals surface area contributed by atoms with E-state index in [1.54, 1.807) is 12.3 Å². The number of nitrogens with zero attached hydrogens (tertiary/aromatic N) is 1. The summed E-state index contributed by atoms with van der Waals surface area (Å²) in [7, 11) is 0. The molecule has 0 saturated carbocycles. The molecule has 0 fully saturated rings. The van der Waals surface area contributed by atoms with Crippen LogP contribution in [0.2, 0.25) is 0 Å².